The van der Waals surface area contributed by atoms with E-state index in [-0.39, 0.29) is 11.8 Å². The quantitative estimate of drug-likeness (QED) is 0.820. The maximum Gasteiger partial charge on any atom is 0.164 e. The lowest BCUT2D eigenvalue weighted by molar-refractivity contribution is 0.0977. The fourth-order valence-corrected chi connectivity index (χ4v) is 1.98. The summed E-state index contributed by atoms with van der Waals surface area (Å²) in [5.74, 6) is 0.617. The van der Waals surface area contributed by atoms with Crippen LogP contribution in [0.1, 0.15) is 34.8 Å². The molecule has 1 aromatic heterocycles. The van der Waals surface area contributed by atoms with Gasteiger partial charge in [-0.15, -0.1) is 0 Å². The molecule has 1 unspecified atom stereocenters. The summed E-state index contributed by atoms with van der Waals surface area (Å²) in [6.45, 7) is 0. The van der Waals surface area contributed by atoms with Crippen LogP contribution in [0, 0.1) is 0 Å². The Hall–Kier alpha value is -2.20. The second-order valence-electron chi connectivity index (χ2n) is 4.59. The number of rotatable bonds is 6. The number of Topliss-reactive ketones (excluding diaryl/α,β-unsaturated/α-hetero) is 1. The average molecular weight is 270 g/mol. The van der Waals surface area contributed by atoms with E-state index in [2.05, 4.69) is 4.98 Å². The number of aromatic nitrogens is 1. The summed E-state index contributed by atoms with van der Waals surface area (Å²) < 4.78 is 5.06. The first-order chi connectivity index (χ1) is 9.70. The van der Waals surface area contributed by atoms with Gasteiger partial charge in [-0.2, -0.15) is 0 Å². The predicted molar refractivity (Wildman–Crippen MR) is 77.7 cm³/mol. The molecule has 20 heavy (non-hydrogen) atoms. The maximum atomic E-state index is 12.1. The first-order valence-electron chi connectivity index (χ1n) is 6.53. The molecule has 0 aliphatic heterocycles. The van der Waals surface area contributed by atoms with Gasteiger partial charge in [-0.1, -0.05) is 30.3 Å². The van der Waals surface area contributed by atoms with E-state index in [1.54, 1.807) is 25.6 Å². The molecule has 4 heteroatoms. The highest BCUT2D eigenvalue weighted by Gasteiger charge is 2.11. The normalized spacial score (nSPS) is 11.9. The SMILES string of the molecule is COc1cncc(C(=O)CCC(N)c2ccccc2)c1. The van der Waals surface area contributed by atoms with E-state index in [1.165, 1.54) is 0 Å². The molecule has 0 radical (unpaired) electrons. The Kier molecular flexibility index (Phi) is 4.85. The number of methoxy groups -OCH3 is 1. The monoisotopic (exact) mass is 270 g/mol. The number of hydrogen-bond donors (Lipinski definition) is 1. The summed E-state index contributed by atoms with van der Waals surface area (Å²) >= 11 is 0. The van der Waals surface area contributed by atoms with Gasteiger partial charge in [0.2, 0.25) is 0 Å². The summed E-state index contributed by atoms with van der Waals surface area (Å²) in [6, 6.07) is 11.4. The Bertz CT molecular complexity index is 570. The van der Waals surface area contributed by atoms with Crippen LogP contribution < -0.4 is 10.5 Å². The number of ketones is 1. The van der Waals surface area contributed by atoms with Crippen LogP contribution >= 0.6 is 0 Å². The van der Waals surface area contributed by atoms with Crippen molar-refractivity contribution in [1.82, 2.24) is 4.98 Å². The number of carbonyl (C=O) groups excluding carboxylic acids is 1. The minimum atomic E-state index is -0.126. The van der Waals surface area contributed by atoms with Gasteiger partial charge in [0.25, 0.3) is 0 Å². The molecule has 0 amide bonds. The molecule has 2 N–H and O–H groups in total. The molecule has 2 rings (SSSR count). The van der Waals surface area contributed by atoms with Crippen molar-refractivity contribution in [2.24, 2.45) is 5.73 Å². The van der Waals surface area contributed by atoms with Crippen molar-refractivity contribution in [3.63, 3.8) is 0 Å². The Morgan fingerprint density at radius 1 is 1.30 bits per heavy atom. The van der Waals surface area contributed by atoms with Crippen LogP contribution in [0.15, 0.2) is 48.8 Å². The van der Waals surface area contributed by atoms with Gasteiger partial charge < -0.3 is 10.5 Å². The van der Waals surface area contributed by atoms with Crippen LogP contribution in [0.3, 0.4) is 0 Å². The van der Waals surface area contributed by atoms with Crippen LogP contribution in [-0.2, 0) is 0 Å². The lowest BCUT2D eigenvalue weighted by Gasteiger charge is -2.11. The fourth-order valence-electron chi connectivity index (χ4n) is 1.98. The summed E-state index contributed by atoms with van der Waals surface area (Å²) in [7, 11) is 1.55. The molecule has 1 atom stereocenters. The lowest BCUT2D eigenvalue weighted by atomic mass is 9.99. The molecule has 0 saturated heterocycles. The van der Waals surface area contributed by atoms with E-state index in [0.717, 1.165) is 5.56 Å². The molecule has 4 nitrogen and oxygen atoms in total. The molecule has 0 aliphatic carbocycles. The van der Waals surface area contributed by atoms with Gasteiger partial charge in [0, 0.05) is 24.2 Å². The van der Waals surface area contributed by atoms with Crippen molar-refractivity contribution in [2.75, 3.05) is 7.11 Å². The molecule has 1 heterocycles. The van der Waals surface area contributed by atoms with Crippen molar-refractivity contribution >= 4 is 5.78 Å². The zero-order valence-corrected chi connectivity index (χ0v) is 11.5. The third-order valence-corrected chi connectivity index (χ3v) is 3.18. The minimum absolute atomic E-state index is 0.0304. The number of nitrogens with two attached hydrogens (primary N) is 1. The van der Waals surface area contributed by atoms with Crippen molar-refractivity contribution in [3.05, 3.63) is 59.9 Å². The zero-order chi connectivity index (χ0) is 14.4. The van der Waals surface area contributed by atoms with Crippen molar-refractivity contribution in [2.45, 2.75) is 18.9 Å². The first kappa shape index (κ1) is 14.2. The summed E-state index contributed by atoms with van der Waals surface area (Å²) in [6.07, 6.45) is 4.14. The third kappa shape index (κ3) is 3.65. The molecule has 0 saturated carbocycles. The van der Waals surface area contributed by atoms with Crippen LogP contribution in [0.4, 0.5) is 0 Å². The molecule has 0 bridgehead atoms. The number of pyridine rings is 1. The molecule has 1 aromatic carbocycles. The van der Waals surface area contributed by atoms with Crippen LogP contribution in [0.25, 0.3) is 0 Å². The summed E-state index contributed by atoms with van der Waals surface area (Å²) in [5, 5.41) is 0. The minimum Gasteiger partial charge on any atom is -0.495 e. The van der Waals surface area contributed by atoms with E-state index < -0.39 is 0 Å². The Labute approximate surface area is 118 Å². The lowest BCUT2D eigenvalue weighted by Crippen LogP contribution is -2.12. The van der Waals surface area contributed by atoms with Crippen LogP contribution in [-0.4, -0.2) is 17.9 Å². The number of hydrogen-bond acceptors (Lipinski definition) is 4. The molecule has 104 valence electrons. The van der Waals surface area contributed by atoms with Gasteiger partial charge in [-0.3, -0.25) is 9.78 Å². The van der Waals surface area contributed by atoms with E-state index in [0.29, 0.717) is 24.2 Å². The Morgan fingerprint density at radius 2 is 2.05 bits per heavy atom. The van der Waals surface area contributed by atoms with Gasteiger partial charge in [0.1, 0.15) is 5.75 Å². The highest BCUT2D eigenvalue weighted by Crippen LogP contribution is 2.18. The number of carbonyl (C=O) groups is 1. The largest absolute Gasteiger partial charge is 0.495 e. The second-order valence-corrected chi connectivity index (χ2v) is 4.59. The van der Waals surface area contributed by atoms with E-state index >= 15 is 0 Å². The van der Waals surface area contributed by atoms with Gasteiger partial charge in [-0.25, -0.2) is 0 Å². The fraction of sp³-hybridized carbons (Fsp3) is 0.250. The second kappa shape index (κ2) is 6.82. The average Bonchev–Trinajstić information content (AvgIpc) is 2.53. The van der Waals surface area contributed by atoms with E-state index in [9.17, 15) is 4.79 Å². The van der Waals surface area contributed by atoms with E-state index in [1.807, 2.05) is 30.3 Å². The predicted octanol–water partition coefficient (Wildman–Crippen LogP) is 2.75. The molecular formula is C16H18N2O2. The molecule has 2 aromatic rings. The van der Waals surface area contributed by atoms with Crippen molar-refractivity contribution < 1.29 is 9.53 Å². The van der Waals surface area contributed by atoms with Crippen LogP contribution in [0.2, 0.25) is 0 Å². The Morgan fingerprint density at radius 3 is 2.75 bits per heavy atom. The van der Waals surface area contributed by atoms with Gasteiger partial charge in [0.15, 0.2) is 5.78 Å². The first-order valence-corrected chi connectivity index (χ1v) is 6.53. The summed E-state index contributed by atoms with van der Waals surface area (Å²) in [5.41, 5.74) is 7.69. The van der Waals surface area contributed by atoms with Crippen molar-refractivity contribution in [1.29, 1.82) is 0 Å². The molecule has 0 aliphatic rings. The highest BCUT2D eigenvalue weighted by molar-refractivity contribution is 5.96. The molecule has 0 fully saturated rings. The third-order valence-electron chi connectivity index (χ3n) is 3.18. The van der Waals surface area contributed by atoms with Gasteiger partial charge in [0.05, 0.1) is 13.3 Å². The van der Waals surface area contributed by atoms with Crippen molar-refractivity contribution in [3.8, 4) is 5.75 Å². The van der Waals surface area contributed by atoms with Crippen LogP contribution in [0.5, 0.6) is 5.75 Å². The zero-order valence-electron chi connectivity index (χ0n) is 11.5. The summed E-state index contributed by atoms with van der Waals surface area (Å²) in [4.78, 5) is 16.1. The maximum absolute atomic E-state index is 12.1. The van der Waals surface area contributed by atoms with E-state index in [4.69, 9.17) is 10.5 Å². The number of benzene rings is 1. The Balaban J connectivity index is 1.95. The standard InChI is InChI=1S/C16H18N2O2/c1-20-14-9-13(10-18-11-14)16(19)8-7-15(17)12-5-3-2-4-6-12/h2-6,9-11,15H,7-8,17H2,1H3. The van der Waals surface area contributed by atoms with Gasteiger partial charge in [-0.05, 0) is 18.1 Å². The van der Waals surface area contributed by atoms with Gasteiger partial charge >= 0.3 is 0 Å². The smallest absolute Gasteiger partial charge is 0.164 e. The number of ether oxygens (including phenoxy) is 1. The molecule has 0 spiro atoms. The molecular weight excluding hydrogens is 252 g/mol. The topological polar surface area (TPSA) is 65.2 Å². The number of nitrogens with zero attached hydrogens (tertiary/aromatic N) is 1. The highest BCUT2D eigenvalue weighted by atomic mass is 16.5.